The Balaban J connectivity index is 1.58. The second kappa shape index (κ2) is 19.8. The van der Waals surface area contributed by atoms with Crippen LogP contribution in [-0.4, -0.2) is 90.0 Å². The predicted molar refractivity (Wildman–Crippen MR) is 192 cm³/mol. The first-order valence-electron chi connectivity index (χ1n) is 17.8. The molecule has 5 amide bonds. The zero-order valence-electron chi connectivity index (χ0n) is 29.0. The van der Waals surface area contributed by atoms with E-state index in [4.69, 9.17) is 11.5 Å². The number of amides is 5. The van der Waals surface area contributed by atoms with Gasteiger partial charge in [-0.15, -0.1) is 0 Å². The van der Waals surface area contributed by atoms with E-state index in [1.165, 1.54) is 4.90 Å². The Bertz CT molecular complexity index is 1530. The summed E-state index contributed by atoms with van der Waals surface area (Å²) in [5.74, 6) is -3.76. The number of nitrogens with two attached hydrogens (primary N) is 2. The quantitative estimate of drug-likeness (QED) is 0.0940. The second-order valence-corrected chi connectivity index (χ2v) is 13.0. The average molecular weight is 703 g/mol. The maximum Gasteiger partial charge on any atom is 0.290 e. The van der Waals surface area contributed by atoms with Crippen LogP contribution in [0.5, 0.6) is 0 Å². The van der Waals surface area contributed by atoms with Crippen LogP contribution in [0.1, 0.15) is 68.9 Å². The Morgan fingerprint density at radius 3 is 2.16 bits per heavy atom. The van der Waals surface area contributed by atoms with Crippen LogP contribution in [0.4, 0.5) is 0 Å². The summed E-state index contributed by atoms with van der Waals surface area (Å²) in [6, 6.07) is 14.7. The van der Waals surface area contributed by atoms with Crippen molar-refractivity contribution in [3.05, 3.63) is 71.8 Å². The Labute approximate surface area is 298 Å². The van der Waals surface area contributed by atoms with E-state index >= 15 is 0 Å². The summed E-state index contributed by atoms with van der Waals surface area (Å²) >= 11 is 0. The number of hydrogen-bond acceptors (Lipinski definition) is 7. The molecule has 0 radical (unpaired) electrons. The molecule has 8 N–H and O–H groups in total. The number of ketones is 1. The number of nitrogens with one attached hydrogen (secondary N) is 4. The topological polar surface area (TPSA) is 218 Å². The molecule has 0 aromatic heterocycles. The maximum atomic E-state index is 14.0. The molecule has 2 aromatic rings. The molecule has 2 fully saturated rings. The van der Waals surface area contributed by atoms with Gasteiger partial charge in [0.05, 0.1) is 6.04 Å². The zero-order chi connectivity index (χ0) is 36.6. The van der Waals surface area contributed by atoms with Crippen LogP contribution in [0.3, 0.4) is 0 Å². The molecule has 2 aliphatic heterocycles. The van der Waals surface area contributed by atoms with Gasteiger partial charge in [0.2, 0.25) is 29.4 Å². The summed E-state index contributed by atoms with van der Waals surface area (Å²) in [6.07, 6.45) is 4.07. The fourth-order valence-corrected chi connectivity index (χ4v) is 6.39. The molecule has 274 valence electrons. The minimum absolute atomic E-state index is 0.0308. The molecule has 0 saturated carbocycles. The average Bonchev–Trinajstić information content (AvgIpc) is 3.62. The molecule has 2 saturated heterocycles. The van der Waals surface area contributed by atoms with E-state index in [2.05, 4.69) is 26.3 Å². The molecule has 0 unspecified atom stereocenters. The van der Waals surface area contributed by atoms with Crippen molar-refractivity contribution >= 4 is 41.3 Å². The van der Waals surface area contributed by atoms with Crippen molar-refractivity contribution in [1.29, 1.82) is 0 Å². The van der Waals surface area contributed by atoms with Crippen molar-refractivity contribution in [1.82, 2.24) is 26.2 Å². The van der Waals surface area contributed by atoms with Crippen LogP contribution in [0.15, 0.2) is 65.7 Å². The standard InChI is InChI=1S/C37H50N8O6/c38-37(39)41-22-10-16-27-32(47)35(50)44-28(20-19-25-12-4-1-5-13-25)33(48)40-21-9-3-8-18-31(46)42-29(24-26-14-6-2-7-15-26)36(51)45-23-11-17-30(45)34(49)43-27/h1-2,4-7,12-15,27-30H,3,8-11,16-24H2,(H,40,48)(H,42,46)(H,43,49)(H,44,50)(H4,38,39,41)/t27-,28+,29+,30-/m1/s1. The summed E-state index contributed by atoms with van der Waals surface area (Å²) in [4.78, 5) is 86.8. The molecule has 4 atom stereocenters. The smallest absolute Gasteiger partial charge is 0.290 e. The van der Waals surface area contributed by atoms with Gasteiger partial charge in [0.1, 0.15) is 18.1 Å². The molecule has 0 aliphatic carbocycles. The van der Waals surface area contributed by atoms with Crippen LogP contribution in [0, 0.1) is 0 Å². The number of rotatable bonds is 9. The lowest BCUT2D eigenvalue weighted by molar-refractivity contribution is -0.144. The van der Waals surface area contributed by atoms with Crippen molar-refractivity contribution in [2.45, 2.75) is 94.8 Å². The lowest BCUT2D eigenvalue weighted by atomic mass is 10.0. The van der Waals surface area contributed by atoms with Gasteiger partial charge >= 0.3 is 0 Å². The Morgan fingerprint density at radius 1 is 0.745 bits per heavy atom. The van der Waals surface area contributed by atoms with E-state index < -0.39 is 53.6 Å². The minimum Gasteiger partial charge on any atom is -0.370 e. The Morgan fingerprint density at radius 2 is 1.45 bits per heavy atom. The molecule has 51 heavy (non-hydrogen) atoms. The van der Waals surface area contributed by atoms with Crippen molar-refractivity contribution in [2.24, 2.45) is 16.5 Å². The van der Waals surface area contributed by atoms with Gasteiger partial charge in [-0.1, -0.05) is 67.1 Å². The van der Waals surface area contributed by atoms with Crippen LogP contribution >= 0.6 is 0 Å². The van der Waals surface area contributed by atoms with Crippen molar-refractivity contribution < 1.29 is 28.8 Å². The van der Waals surface area contributed by atoms with E-state index in [0.717, 1.165) is 11.1 Å². The van der Waals surface area contributed by atoms with Gasteiger partial charge in [0, 0.05) is 32.5 Å². The zero-order valence-corrected chi connectivity index (χ0v) is 29.0. The summed E-state index contributed by atoms with van der Waals surface area (Å²) in [5, 5.41) is 11.1. The van der Waals surface area contributed by atoms with E-state index in [9.17, 15) is 28.8 Å². The number of fused-ring (bicyclic) bond motifs is 1. The highest BCUT2D eigenvalue weighted by Gasteiger charge is 2.39. The van der Waals surface area contributed by atoms with Crippen molar-refractivity contribution in [2.75, 3.05) is 19.6 Å². The molecule has 4 rings (SSSR count). The third kappa shape index (κ3) is 12.2. The lowest BCUT2D eigenvalue weighted by Crippen LogP contribution is -2.57. The number of carbonyl (C=O) groups excluding carboxylic acids is 6. The first-order valence-corrected chi connectivity index (χ1v) is 17.8. The minimum atomic E-state index is -1.27. The first-order chi connectivity index (χ1) is 24.6. The van der Waals surface area contributed by atoms with Crippen LogP contribution < -0.4 is 32.7 Å². The first kappa shape index (κ1) is 38.5. The molecule has 14 nitrogen and oxygen atoms in total. The van der Waals surface area contributed by atoms with Crippen molar-refractivity contribution in [3.8, 4) is 0 Å². The van der Waals surface area contributed by atoms with Gasteiger partial charge in [-0.25, -0.2) is 0 Å². The maximum absolute atomic E-state index is 14.0. The van der Waals surface area contributed by atoms with Crippen LogP contribution in [0.2, 0.25) is 0 Å². The Kier molecular flexibility index (Phi) is 15.0. The fourth-order valence-electron chi connectivity index (χ4n) is 6.39. The summed E-state index contributed by atoms with van der Waals surface area (Å²) in [6.45, 7) is 0.752. The molecular formula is C37H50N8O6. The third-order valence-corrected chi connectivity index (χ3v) is 9.12. The fraction of sp³-hybridized carbons (Fsp3) is 0.486. The molecule has 0 bridgehead atoms. The number of nitrogens with zero attached hydrogens (tertiary/aromatic N) is 2. The SMILES string of the molecule is NC(N)=NCCC[C@H]1NC(=O)[C@H]2CCCN2C(=O)[C@H](Cc2ccccc2)NC(=O)CCCCCNC(=O)[C@H](CCc2ccccc2)NC(=O)C1=O. The van der Waals surface area contributed by atoms with Gasteiger partial charge in [0.15, 0.2) is 5.96 Å². The summed E-state index contributed by atoms with van der Waals surface area (Å²) < 4.78 is 0. The van der Waals surface area contributed by atoms with E-state index in [0.29, 0.717) is 51.6 Å². The number of Topliss-reactive ketones (excluding diaryl/α,β-unsaturated/α-hetero) is 1. The number of carbonyl (C=O) groups is 6. The van der Waals surface area contributed by atoms with Gasteiger partial charge in [-0.05, 0) is 62.5 Å². The lowest BCUT2D eigenvalue weighted by Gasteiger charge is -2.30. The van der Waals surface area contributed by atoms with E-state index in [1.54, 1.807) is 0 Å². The largest absolute Gasteiger partial charge is 0.370 e. The molecule has 2 aliphatic rings. The van der Waals surface area contributed by atoms with Crippen LogP contribution in [0.25, 0.3) is 0 Å². The van der Waals surface area contributed by atoms with Gasteiger partial charge in [-0.3, -0.25) is 33.8 Å². The monoisotopic (exact) mass is 702 g/mol. The number of aliphatic imine (C=N–C) groups is 1. The molecule has 2 heterocycles. The highest BCUT2D eigenvalue weighted by molar-refractivity contribution is 6.38. The number of hydrogen-bond donors (Lipinski definition) is 6. The number of guanidine groups is 1. The molecule has 2 aromatic carbocycles. The Hall–Kier alpha value is -5.27. The number of aryl methyl sites for hydroxylation is 1. The highest BCUT2D eigenvalue weighted by atomic mass is 16.2. The number of benzene rings is 2. The second-order valence-electron chi connectivity index (χ2n) is 13.0. The van der Waals surface area contributed by atoms with Crippen molar-refractivity contribution in [3.63, 3.8) is 0 Å². The molecule has 0 spiro atoms. The summed E-state index contributed by atoms with van der Waals surface area (Å²) in [7, 11) is 0. The van der Waals surface area contributed by atoms with Gasteiger partial charge in [0.25, 0.3) is 5.91 Å². The van der Waals surface area contributed by atoms with Gasteiger partial charge < -0.3 is 37.6 Å². The third-order valence-electron chi connectivity index (χ3n) is 9.12. The predicted octanol–water partition coefficient (Wildman–Crippen LogP) is 0.620. The highest BCUT2D eigenvalue weighted by Crippen LogP contribution is 2.21. The van der Waals surface area contributed by atoms with E-state index in [1.807, 2.05) is 60.7 Å². The summed E-state index contributed by atoms with van der Waals surface area (Å²) in [5.41, 5.74) is 12.7. The van der Waals surface area contributed by atoms with Crippen LogP contribution in [-0.2, 0) is 41.6 Å². The molecular weight excluding hydrogens is 652 g/mol. The molecule has 14 heteroatoms. The van der Waals surface area contributed by atoms with E-state index in [-0.39, 0.29) is 50.5 Å². The van der Waals surface area contributed by atoms with Gasteiger partial charge in [-0.2, -0.15) is 0 Å². The normalized spacial score (nSPS) is 22.9.